The Bertz CT molecular complexity index is 959. The smallest absolute Gasteiger partial charge is 0.220 e. The van der Waals surface area contributed by atoms with Crippen molar-refractivity contribution in [2.24, 2.45) is 52.3 Å². The van der Waals surface area contributed by atoms with E-state index in [9.17, 15) is 33.1 Å². The maximum atomic E-state index is 12.5. The van der Waals surface area contributed by atoms with Gasteiger partial charge in [-0.15, -0.1) is 0 Å². The fourth-order valence-electron chi connectivity index (χ4n) is 10.2. The van der Waals surface area contributed by atoms with E-state index in [-0.39, 0.29) is 47.2 Å². The first-order chi connectivity index (χ1) is 17.7. The van der Waals surface area contributed by atoms with Crippen LogP contribution in [-0.4, -0.2) is 64.8 Å². The normalized spacial score (nSPS) is 44.4. The minimum Gasteiger partial charge on any atom is -0.748 e. The Morgan fingerprint density at radius 2 is 1.71 bits per heavy atom. The van der Waals surface area contributed by atoms with Crippen molar-refractivity contribution in [3.05, 3.63) is 0 Å². The molecule has 4 saturated carbocycles. The van der Waals surface area contributed by atoms with Crippen molar-refractivity contribution in [3.63, 3.8) is 0 Å². The molecule has 0 saturated heterocycles. The molecule has 8 nitrogen and oxygen atoms in total. The van der Waals surface area contributed by atoms with E-state index in [1.54, 1.807) is 0 Å². The molecule has 0 aromatic rings. The van der Waals surface area contributed by atoms with Crippen LogP contribution in [-0.2, 0) is 14.9 Å². The first kappa shape index (κ1) is 30.2. The van der Waals surface area contributed by atoms with Gasteiger partial charge in [0.25, 0.3) is 0 Å². The lowest BCUT2D eigenvalue weighted by Crippen LogP contribution is -2.62. The molecule has 4 N–H and O–H groups in total. The van der Waals surface area contributed by atoms with Gasteiger partial charge in [-0.05, 0) is 104 Å². The summed E-state index contributed by atoms with van der Waals surface area (Å²) in [7, 11) is -4.54. The first-order valence-electron chi connectivity index (χ1n) is 14.9. The van der Waals surface area contributed by atoms with Gasteiger partial charge in [0.05, 0.1) is 40.7 Å². The maximum Gasteiger partial charge on any atom is 0.220 e. The summed E-state index contributed by atoms with van der Waals surface area (Å²) < 4.78 is 33.1. The molecule has 0 aromatic heterocycles. The molecule has 0 aromatic carbocycles. The van der Waals surface area contributed by atoms with Crippen molar-refractivity contribution in [1.29, 1.82) is 0 Å². The van der Waals surface area contributed by atoms with Crippen molar-refractivity contribution in [2.75, 3.05) is 12.4 Å². The Hall–Kier alpha value is -0.740. The fourth-order valence-corrected chi connectivity index (χ4v) is 10.9. The molecule has 9 heteroatoms. The summed E-state index contributed by atoms with van der Waals surface area (Å²) >= 11 is 0. The van der Waals surface area contributed by atoms with Crippen molar-refractivity contribution in [1.82, 2.24) is 5.32 Å². The van der Waals surface area contributed by atoms with Crippen LogP contribution in [0.15, 0.2) is 0 Å². The van der Waals surface area contributed by atoms with Crippen LogP contribution in [0.25, 0.3) is 0 Å². The van der Waals surface area contributed by atoms with Crippen LogP contribution < -0.4 is 5.32 Å². The standard InChI is InChI=1S/C29H51NO7S/c1-5-20-24-14-19(32)10-12-29(24,4)23-11-13-28(3)21(7-8-22(28)26(23)27(20)34)17(2)6-9-25(33)30-18(15-31)16-38(35,36)37/h17-24,26-27,31-32,34H,5-16H2,1-4H3,(H,30,33)(H,35,36,37)/p-1/t17-,18-,19-,20-,21-,22+,23+,24+,26+,27-,28-,29-/m1/s1. The second-order valence-corrected chi connectivity index (χ2v) is 15.3. The number of rotatable bonds is 9. The summed E-state index contributed by atoms with van der Waals surface area (Å²) in [4.78, 5) is 12.5. The molecule has 0 bridgehead atoms. The average molecular weight is 557 g/mol. The number of hydrogen-bond acceptors (Lipinski definition) is 7. The second-order valence-electron chi connectivity index (χ2n) is 13.8. The molecule has 220 valence electrons. The number of amides is 1. The molecule has 4 aliphatic carbocycles. The Morgan fingerprint density at radius 1 is 1.05 bits per heavy atom. The molecular weight excluding hydrogens is 506 g/mol. The Balaban J connectivity index is 1.44. The highest BCUT2D eigenvalue weighted by molar-refractivity contribution is 7.85. The fraction of sp³-hybridized carbons (Fsp3) is 0.966. The van der Waals surface area contributed by atoms with Gasteiger partial charge in [-0.25, -0.2) is 8.42 Å². The maximum absolute atomic E-state index is 12.5. The van der Waals surface area contributed by atoms with E-state index in [0.717, 1.165) is 51.4 Å². The molecule has 1 amide bonds. The van der Waals surface area contributed by atoms with E-state index >= 15 is 0 Å². The zero-order valence-electron chi connectivity index (χ0n) is 23.6. The average Bonchev–Trinajstić information content (AvgIpc) is 3.19. The second kappa shape index (κ2) is 11.3. The van der Waals surface area contributed by atoms with E-state index < -0.39 is 28.5 Å². The molecule has 38 heavy (non-hydrogen) atoms. The lowest BCUT2D eigenvalue weighted by Gasteiger charge is -2.64. The summed E-state index contributed by atoms with van der Waals surface area (Å²) in [5.74, 6) is 1.43. The number of fused-ring (bicyclic) bond motifs is 5. The molecule has 4 fully saturated rings. The van der Waals surface area contributed by atoms with Crippen LogP contribution in [0.3, 0.4) is 0 Å². The lowest BCUT2D eigenvalue weighted by molar-refractivity contribution is -0.203. The SMILES string of the molecule is CC[C@H]1[C@@H](O)[C@@H]2[C@H](CC[C@]3(C)[C@@H]([C@H](C)CCC(=O)N[C@H](CO)CS(=O)(=O)[O-])CC[C@@H]23)[C@@]2(C)CC[C@@H](O)C[C@@H]12. The number of carbonyl (C=O) groups excluding carboxylic acids is 1. The third-order valence-corrected chi connectivity index (χ3v) is 12.8. The molecule has 12 atom stereocenters. The Kier molecular flexibility index (Phi) is 8.96. The number of carbonyl (C=O) groups is 1. The molecule has 0 radical (unpaired) electrons. The predicted molar refractivity (Wildman–Crippen MR) is 144 cm³/mol. The summed E-state index contributed by atoms with van der Waals surface area (Å²) in [6, 6.07) is -1.07. The highest BCUT2D eigenvalue weighted by atomic mass is 32.2. The van der Waals surface area contributed by atoms with E-state index in [1.807, 2.05) is 0 Å². The molecular formula is C29H50NO7S-. The molecule has 0 spiro atoms. The first-order valence-corrected chi connectivity index (χ1v) is 16.5. The largest absolute Gasteiger partial charge is 0.748 e. The topological polar surface area (TPSA) is 147 Å². The summed E-state index contributed by atoms with van der Waals surface area (Å²) in [6.07, 6.45) is 8.41. The van der Waals surface area contributed by atoms with Crippen molar-refractivity contribution in [2.45, 2.75) is 110 Å². The van der Waals surface area contributed by atoms with Crippen LogP contribution >= 0.6 is 0 Å². The van der Waals surface area contributed by atoms with Crippen LogP contribution in [0.1, 0.15) is 91.9 Å². The minimum atomic E-state index is -4.54. The van der Waals surface area contributed by atoms with Gasteiger partial charge in [0, 0.05) is 6.42 Å². The summed E-state index contributed by atoms with van der Waals surface area (Å²) in [6.45, 7) is 8.67. The van der Waals surface area contributed by atoms with Crippen LogP contribution in [0.5, 0.6) is 0 Å². The van der Waals surface area contributed by atoms with Gasteiger partial charge < -0.3 is 25.2 Å². The number of aliphatic hydroxyl groups is 3. The zero-order valence-corrected chi connectivity index (χ0v) is 24.5. The van der Waals surface area contributed by atoms with Gasteiger partial charge in [-0.3, -0.25) is 4.79 Å². The highest BCUT2D eigenvalue weighted by Gasteiger charge is 2.64. The molecule has 0 unspecified atom stereocenters. The van der Waals surface area contributed by atoms with E-state index in [0.29, 0.717) is 36.0 Å². The van der Waals surface area contributed by atoms with E-state index in [1.165, 1.54) is 0 Å². The summed E-state index contributed by atoms with van der Waals surface area (Å²) in [5, 5.41) is 34.2. The van der Waals surface area contributed by atoms with Gasteiger partial charge in [0.2, 0.25) is 5.91 Å². The quantitative estimate of drug-likeness (QED) is 0.319. The van der Waals surface area contributed by atoms with Crippen LogP contribution in [0.4, 0.5) is 0 Å². The van der Waals surface area contributed by atoms with Crippen LogP contribution in [0, 0.1) is 52.3 Å². The zero-order chi connectivity index (χ0) is 28.0. The number of aliphatic hydroxyl groups excluding tert-OH is 3. The number of hydrogen-bond donors (Lipinski definition) is 4. The Labute approximate surface area is 229 Å². The van der Waals surface area contributed by atoms with Gasteiger partial charge in [0.1, 0.15) is 0 Å². The summed E-state index contributed by atoms with van der Waals surface area (Å²) in [5.41, 5.74) is 0.283. The van der Waals surface area contributed by atoms with Gasteiger partial charge >= 0.3 is 0 Å². The third-order valence-electron chi connectivity index (χ3n) is 12.0. The van der Waals surface area contributed by atoms with Crippen molar-refractivity contribution >= 4 is 16.0 Å². The molecule has 4 rings (SSSR count). The van der Waals surface area contributed by atoms with Gasteiger partial charge in [-0.2, -0.15) is 0 Å². The minimum absolute atomic E-state index is 0.109. The van der Waals surface area contributed by atoms with Crippen LogP contribution in [0.2, 0.25) is 0 Å². The van der Waals surface area contributed by atoms with E-state index in [2.05, 4.69) is 33.0 Å². The van der Waals surface area contributed by atoms with Crippen molar-refractivity contribution in [3.8, 4) is 0 Å². The highest BCUT2D eigenvalue weighted by Crippen LogP contribution is 2.69. The third kappa shape index (κ3) is 5.56. The molecule has 4 aliphatic rings. The number of nitrogens with one attached hydrogen (secondary N) is 1. The van der Waals surface area contributed by atoms with E-state index in [4.69, 9.17) is 0 Å². The monoisotopic (exact) mass is 556 g/mol. The van der Waals surface area contributed by atoms with Gasteiger partial charge in [-0.1, -0.05) is 34.1 Å². The van der Waals surface area contributed by atoms with Gasteiger partial charge in [0.15, 0.2) is 0 Å². The molecule has 0 aliphatic heterocycles. The Morgan fingerprint density at radius 3 is 2.34 bits per heavy atom. The van der Waals surface area contributed by atoms with Crippen molar-refractivity contribution < 1.29 is 33.1 Å². The predicted octanol–water partition coefficient (Wildman–Crippen LogP) is 3.05. The molecule has 0 heterocycles. The lowest BCUT2D eigenvalue weighted by atomic mass is 9.41.